The van der Waals surface area contributed by atoms with E-state index in [-0.39, 0.29) is 24.4 Å². The Morgan fingerprint density at radius 1 is 1.17 bits per heavy atom. The number of benzene rings is 1. The number of carbonyl (C=O) groups is 1. The summed E-state index contributed by atoms with van der Waals surface area (Å²) < 4.78 is 5.20. The molecular weight excluding hydrogens is 420 g/mol. The van der Waals surface area contributed by atoms with Gasteiger partial charge in [-0.2, -0.15) is 0 Å². The highest BCUT2D eigenvalue weighted by atomic mass is 35.5. The van der Waals surface area contributed by atoms with Crippen molar-refractivity contribution in [3.05, 3.63) is 54.4 Å². The molecule has 0 radical (unpaired) electrons. The lowest BCUT2D eigenvalue weighted by atomic mass is 10.1. The minimum Gasteiger partial charge on any atom is -0.497 e. The van der Waals surface area contributed by atoms with Crippen LogP contribution in [0.5, 0.6) is 5.75 Å². The summed E-state index contributed by atoms with van der Waals surface area (Å²) in [6.45, 7) is 0. The van der Waals surface area contributed by atoms with E-state index in [9.17, 15) is 4.79 Å². The van der Waals surface area contributed by atoms with Crippen molar-refractivity contribution < 1.29 is 9.53 Å². The van der Waals surface area contributed by atoms with E-state index in [1.165, 1.54) is 11.3 Å². The fraction of sp³-hybridized carbons (Fsp3) is 0.364. The predicted molar refractivity (Wildman–Crippen MR) is 121 cm³/mol. The lowest BCUT2D eigenvalue weighted by Gasteiger charge is -2.26. The largest absolute Gasteiger partial charge is 0.497 e. The zero-order valence-electron chi connectivity index (χ0n) is 16.9. The van der Waals surface area contributed by atoms with Gasteiger partial charge >= 0.3 is 0 Å². The molecule has 0 saturated heterocycles. The summed E-state index contributed by atoms with van der Waals surface area (Å²) in [6.07, 6.45) is 9.01. The van der Waals surface area contributed by atoms with Crippen molar-refractivity contribution in [2.24, 2.45) is 0 Å². The first-order valence-electron chi connectivity index (χ1n) is 9.93. The van der Waals surface area contributed by atoms with Crippen molar-refractivity contribution in [1.29, 1.82) is 0 Å². The van der Waals surface area contributed by atoms with E-state index >= 15 is 0 Å². The maximum absolute atomic E-state index is 13.2. The summed E-state index contributed by atoms with van der Waals surface area (Å²) in [5, 5.41) is 10.2. The number of amides is 1. The number of rotatable bonds is 7. The van der Waals surface area contributed by atoms with Gasteiger partial charge < -0.3 is 4.74 Å². The van der Waals surface area contributed by atoms with Crippen molar-refractivity contribution in [3.8, 4) is 16.3 Å². The van der Waals surface area contributed by atoms with Gasteiger partial charge in [0.2, 0.25) is 11.0 Å². The molecule has 0 bridgehead atoms. The summed E-state index contributed by atoms with van der Waals surface area (Å²) in [7, 11) is 1.65. The highest BCUT2D eigenvalue weighted by molar-refractivity contribution is 7.18. The fourth-order valence-corrected chi connectivity index (χ4v) is 4.64. The van der Waals surface area contributed by atoms with Gasteiger partial charge in [-0.25, -0.2) is 0 Å². The highest BCUT2D eigenvalue weighted by Gasteiger charge is 2.30. The second kappa shape index (κ2) is 10.5. The molecule has 158 valence electrons. The summed E-state index contributed by atoms with van der Waals surface area (Å²) >= 11 is 1.46. The molecule has 8 heteroatoms. The average Bonchev–Trinajstić information content (AvgIpc) is 3.47. The number of anilines is 1. The molecule has 1 fully saturated rings. The minimum absolute atomic E-state index is 0. The Morgan fingerprint density at radius 3 is 2.60 bits per heavy atom. The summed E-state index contributed by atoms with van der Waals surface area (Å²) in [6, 6.07) is 11.9. The number of hydrogen-bond acceptors (Lipinski definition) is 6. The van der Waals surface area contributed by atoms with Gasteiger partial charge in [-0.1, -0.05) is 36.3 Å². The van der Waals surface area contributed by atoms with Crippen LogP contribution in [0.15, 0.2) is 48.8 Å². The third-order valence-corrected chi connectivity index (χ3v) is 6.25. The number of aromatic nitrogens is 3. The van der Waals surface area contributed by atoms with Crippen LogP contribution in [-0.4, -0.2) is 34.2 Å². The first kappa shape index (κ1) is 22.2. The first-order valence-corrected chi connectivity index (χ1v) is 10.7. The van der Waals surface area contributed by atoms with Crippen molar-refractivity contribution in [1.82, 2.24) is 15.2 Å². The van der Waals surface area contributed by atoms with Crippen molar-refractivity contribution in [2.75, 3.05) is 12.0 Å². The van der Waals surface area contributed by atoms with E-state index in [2.05, 4.69) is 15.2 Å². The molecule has 0 spiro atoms. The zero-order chi connectivity index (χ0) is 20.1. The number of carbonyl (C=O) groups excluding carboxylic acids is 1. The minimum atomic E-state index is 0. The number of aryl methyl sites for hydroxylation is 1. The number of pyridine rings is 1. The third kappa shape index (κ3) is 5.15. The Labute approximate surface area is 186 Å². The molecule has 0 unspecified atom stereocenters. The van der Waals surface area contributed by atoms with Gasteiger partial charge in [0.15, 0.2) is 5.01 Å². The van der Waals surface area contributed by atoms with E-state index in [0.717, 1.165) is 47.6 Å². The van der Waals surface area contributed by atoms with Crippen LogP contribution in [0.3, 0.4) is 0 Å². The van der Waals surface area contributed by atoms with Crippen LogP contribution in [0.25, 0.3) is 10.6 Å². The molecular formula is C22H25ClN4O2S. The Hall–Kier alpha value is -2.51. The van der Waals surface area contributed by atoms with Crippen molar-refractivity contribution in [3.63, 3.8) is 0 Å². The van der Waals surface area contributed by atoms with Gasteiger partial charge in [0.05, 0.1) is 7.11 Å². The van der Waals surface area contributed by atoms with Crippen LogP contribution in [0.1, 0.15) is 37.7 Å². The molecule has 3 aromatic rings. The van der Waals surface area contributed by atoms with Gasteiger partial charge in [-0.05, 0) is 49.1 Å². The van der Waals surface area contributed by atoms with Crippen LogP contribution in [0, 0.1) is 0 Å². The van der Waals surface area contributed by atoms with E-state index in [0.29, 0.717) is 18.0 Å². The first-order chi connectivity index (χ1) is 14.2. The average molecular weight is 445 g/mol. The number of ether oxygens (including phenoxy) is 1. The fourth-order valence-electron chi connectivity index (χ4n) is 3.71. The Morgan fingerprint density at radius 2 is 1.93 bits per heavy atom. The molecule has 1 aromatic carbocycles. The van der Waals surface area contributed by atoms with E-state index in [1.807, 2.05) is 41.3 Å². The SMILES string of the molecule is COc1ccc(CCC(=O)N(c2nnc(-c3cccnc3)s2)C2CCCC2)cc1.Cl. The molecule has 6 nitrogen and oxygen atoms in total. The van der Waals surface area contributed by atoms with Gasteiger partial charge in [0, 0.05) is 30.4 Å². The lowest BCUT2D eigenvalue weighted by Crippen LogP contribution is -2.39. The quantitative estimate of drug-likeness (QED) is 0.516. The number of nitrogens with zero attached hydrogens (tertiary/aromatic N) is 4. The predicted octanol–water partition coefficient (Wildman–Crippen LogP) is 4.94. The molecule has 1 saturated carbocycles. The molecule has 4 rings (SSSR count). The third-order valence-electron chi connectivity index (χ3n) is 5.27. The standard InChI is InChI=1S/C22H24N4O2S.ClH/c1-28-19-11-8-16(9-12-19)10-13-20(27)26(18-6-2-3-7-18)22-25-24-21(29-22)17-5-4-14-23-15-17;/h4-5,8-9,11-12,14-15,18H,2-3,6-7,10,13H2,1H3;1H. The lowest BCUT2D eigenvalue weighted by molar-refractivity contribution is -0.119. The summed E-state index contributed by atoms with van der Waals surface area (Å²) in [4.78, 5) is 19.3. The molecule has 0 N–H and O–H groups in total. The maximum atomic E-state index is 13.2. The van der Waals surface area contributed by atoms with Crippen LogP contribution < -0.4 is 9.64 Å². The molecule has 1 aliphatic rings. The van der Waals surface area contributed by atoms with Crippen molar-refractivity contribution >= 4 is 34.8 Å². The van der Waals surface area contributed by atoms with Crippen molar-refractivity contribution in [2.45, 2.75) is 44.6 Å². The summed E-state index contributed by atoms with van der Waals surface area (Å²) in [5.41, 5.74) is 2.05. The van der Waals surface area contributed by atoms with Gasteiger partial charge in [-0.3, -0.25) is 14.7 Å². The number of hydrogen-bond donors (Lipinski definition) is 0. The van der Waals surface area contributed by atoms with Crippen LogP contribution in [0.4, 0.5) is 5.13 Å². The molecule has 0 atom stereocenters. The molecule has 1 amide bonds. The molecule has 0 aliphatic heterocycles. The Bertz CT molecular complexity index is 943. The number of methoxy groups -OCH3 is 1. The molecule has 1 aliphatic carbocycles. The molecule has 2 heterocycles. The van der Waals surface area contributed by atoms with E-state index in [4.69, 9.17) is 4.74 Å². The van der Waals surface area contributed by atoms with Gasteiger partial charge in [-0.15, -0.1) is 22.6 Å². The maximum Gasteiger partial charge on any atom is 0.229 e. The second-order valence-corrected chi connectivity index (χ2v) is 8.14. The summed E-state index contributed by atoms with van der Waals surface area (Å²) in [5.74, 6) is 0.936. The van der Waals surface area contributed by atoms with Gasteiger partial charge in [0.25, 0.3) is 0 Å². The Kier molecular flexibility index (Phi) is 7.76. The van der Waals surface area contributed by atoms with Crippen LogP contribution in [0.2, 0.25) is 0 Å². The molecule has 2 aromatic heterocycles. The van der Waals surface area contributed by atoms with Crippen LogP contribution >= 0.6 is 23.7 Å². The van der Waals surface area contributed by atoms with E-state index < -0.39 is 0 Å². The van der Waals surface area contributed by atoms with Crippen LogP contribution in [-0.2, 0) is 11.2 Å². The normalized spacial score (nSPS) is 13.6. The van der Waals surface area contributed by atoms with Gasteiger partial charge in [0.1, 0.15) is 5.75 Å². The van der Waals surface area contributed by atoms with E-state index in [1.54, 1.807) is 19.5 Å². The topological polar surface area (TPSA) is 68.2 Å². The highest BCUT2D eigenvalue weighted by Crippen LogP contribution is 2.34. The molecule has 30 heavy (non-hydrogen) atoms. The monoisotopic (exact) mass is 444 g/mol. The zero-order valence-corrected chi connectivity index (χ0v) is 18.5. The number of halogens is 1. The second-order valence-electron chi connectivity index (χ2n) is 7.18. The smallest absolute Gasteiger partial charge is 0.229 e. The Balaban J connectivity index is 0.00000256.